The molecule has 0 N–H and O–H groups in total. The van der Waals surface area contributed by atoms with Crippen LogP contribution in [-0.2, 0) is 4.74 Å². The highest BCUT2D eigenvalue weighted by Gasteiger charge is 2.33. The molecule has 0 aliphatic carbocycles. The molecule has 0 saturated carbocycles. The summed E-state index contributed by atoms with van der Waals surface area (Å²) in [5.74, 6) is 0.569. The summed E-state index contributed by atoms with van der Waals surface area (Å²) in [7, 11) is 0. The molecule has 1 unspecified atom stereocenters. The van der Waals surface area contributed by atoms with Crippen molar-refractivity contribution in [1.82, 2.24) is 0 Å². The Bertz CT molecular complexity index is 702. The van der Waals surface area contributed by atoms with Gasteiger partial charge in [0.15, 0.2) is 11.9 Å². The van der Waals surface area contributed by atoms with Crippen molar-refractivity contribution >= 4 is 5.78 Å². The third-order valence-electron chi connectivity index (χ3n) is 3.49. The minimum atomic E-state index is -0.442. The third kappa shape index (κ3) is 2.75. The summed E-state index contributed by atoms with van der Waals surface area (Å²) in [5, 5.41) is 0. The molecule has 2 aromatic rings. The van der Waals surface area contributed by atoms with Crippen LogP contribution < -0.4 is 4.74 Å². The van der Waals surface area contributed by atoms with Crippen molar-refractivity contribution < 1.29 is 14.3 Å². The lowest BCUT2D eigenvalue weighted by Gasteiger charge is -2.28. The number of ketones is 1. The van der Waals surface area contributed by atoms with Crippen molar-refractivity contribution in [2.24, 2.45) is 0 Å². The van der Waals surface area contributed by atoms with Crippen LogP contribution in [0.5, 0.6) is 5.75 Å². The van der Waals surface area contributed by atoms with Crippen LogP contribution in [0.2, 0.25) is 0 Å². The molecule has 0 aromatic heterocycles. The standard InChI is InChI=1S/C19H18O3/c1-13(2)21-12-16-18(20)15-10-6-7-11-17(15)22-19(16)14-8-4-3-5-9-14/h3-13,19H,1-2H3. The molecule has 0 amide bonds. The molecule has 1 atom stereocenters. The van der Waals surface area contributed by atoms with Gasteiger partial charge in [0.2, 0.25) is 0 Å². The van der Waals surface area contributed by atoms with Crippen LogP contribution in [0.25, 0.3) is 0 Å². The maximum Gasteiger partial charge on any atom is 0.199 e. The highest BCUT2D eigenvalue weighted by atomic mass is 16.5. The van der Waals surface area contributed by atoms with E-state index in [1.54, 1.807) is 12.3 Å². The van der Waals surface area contributed by atoms with Crippen LogP contribution in [0.1, 0.15) is 35.9 Å². The van der Waals surface area contributed by atoms with E-state index >= 15 is 0 Å². The van der Waals surface area contributed by atoms with Crippen LogP contribution in [0.4, 0.5) is 0 Å². The summed E-state index contributed by atoms with van der Waals surface area (Å²) in [6.45, 7) is 3.85. The average molecular weight is 294 g/mol. The fourth-order valence-corrected chi connectivity index (χ4v) is 2.42. The van der Waals surface area contributed by atoms with Gasteiger partial charge in [-0.15, -0.1) is 0 Å². The van der Waals surface area contributed by atoms with Gasteiger partial charge in [0.05, 0.1) is 23.5 Å². The van der Waals surface area contributed by atoms with Gasteiger partial charge < -0.3 is 9.47 Å². The van der Waals surface area contributed by atoms with E-state index < -0.39 is 6.10 Å². The first-order valence-electron chi connectivity index (χ1n) is 7.37. The zero-order chi connectivity index (χ0) is 15.5. The molecule has 0 bridgehead atoms. The fourth-order valence-electron chi connectivity index (χ4n) is 2.42. The molecule has 0 radical (unpaired) electrons. The first-order valence-corrected chi connectivity index (χ1v) is 7.37. The van der Waals surface area contributed by atoms with Gasteiger partial charge in [0, 0.05) is 0 Å². The van der Waals surface area contributed by atoms with Gasteiger partial charge in [-0.3, -0.25) is 4.79 Å². The van der Waals surface area contributed by atoms with E-state index in [-0.39, 0.29) is 11.9 Å². The topological polar surface area (TPSA) is 35.5 Å². The summed E-state index contributed by atoms with van der Waals surface area (Å²) < 4.78 is 11.6. The first kappa shape index (κ1) is 14.4. The van der Waals surface area contributed by atoms with Crippen LogP contribution in [0.3, 0.4) is 0 Å². The summed E-state index contributed by atoms with van der Waals surface area (Å²) in [6.07, 6.45) is 1.11. The predicted octanol–water partition coefficient (Wildman–Crippen LogP) is 4.31. The Kier molecular flexibility index (Phi) is 3.96. The number of rotatable bonds is 3. The Labute approximate surface area is 130 Å². The van der Waals surface area contributed by atoms with Gasteiger partial charge in [-0.05, 0) is 31.5 Å². The van der Waals surface area contributed by atoms with Crippen LogP contribution in [0, 0.1) is 0 Å². The molecule has 0 saturated heterocycles. The second-order valence-electron chi connectivity index (χ2n) is 5.49. The van der Waals surface area contributed by atoms with Gasteiger partial charge >= 0.3 is 0 Å². The SMILES string of the molecule is CC(C)OC=C1C(=O)c2ccccc2OC1c1ccccc1. The fraction of sp³-hybridized carbons (Fsp3) is 0.211. The Morgan fingerprint density at radius 1 is 1.05 bits per heavy atom. The first-order chi connectivity index (χ1) is 10.7. The minimum Gasteiger partial charge on any atom is -0.498 e. The lowest BCUT2D eigenvalue weighted by Crippen LogP contribution is -2.24. The molecule has 22 heavy (non-hydrogen) atoms. The quantitative estimate of drug-likeness (QED) is 0.625. The summed E-state index contributed by atoms with van der Waals surface area (Å²) in [4.78, 5) is 12.8. The molecule has 3 nitrogen and oxygen atoms in total. The summed E-state index contributed by atoms with van der Waals surface area (Å²) >= 11 is 0. The molecule has 3 rings (SSSR count). The molecule has 1 aliphatic rings. The second kappa shape index (κ2) is 6.06. The summed E-state index contributed by atoms with van der Waals surface area (Å²) in [6, 6.07) is 17.0. The number of para-hydroxylation sites is 1. The Morgan fingerprint density at radius 3 is 2.45 bits per heavy atom. The van der Waals surface area contributed by atoms with E-state index in [0.29, 0.717) is 16.9 Å². The lowest BCUT2D eigenvalue weighted by molar-refractivity contribution is 0.0937. The molecule has 3 heteroatoms. The smallest absolute Gasteiger partial charge is 0.199 e. The molecular weight excluding hydrogens is 276 g/mol. The molecule has 0 spiro atoms. The normalized spacial score (nSPS) is 19.0. The number of carbonyl (C=O) groups excluding carboxylic acids is 1. The van der Waals surface area contributed by atoms with E-state index in [2.05, 4.69) is 0 Å². The number of hydrogen-bond donors (Lipinski definition) is 0. The van der Waals surface area contributed by atoms with E-state index in [4.69, 9.17) is 9.47 Å². The van der Waals surface area contributed by atoms with Crippen LogP contribution in [0.15, 0.2) is 66.4 Å². The number of benzene rings is 2. The number of ether oxygens (including phenoxy) is 2. The molecule has 0 fully saturated rings. The predicted molar refractivity (Wildman–Crippen MR) is 84.9 cm³/mol. The Morgan fingerprint density at radius 2 is 1.73 bits per heavy atom. The van der Waals surface area contributed by atoms with Crippen molar-refractivity contribution in [3.05, 3.63) is 77.6 Å². The van der Waals surface area contributed by atoms with Crippen molar-refractivity contribution in [1.29, 1.82) is 0 Å². The Hall–Kier alpha value is -2.55. The number of hydrogen-bond acceptors (Lipinski definition) is 3. The van der Waals surface area contributed by atoms with E-state index in [1.165, 1.54) is 0 Å². The van der Waals surface area contributed by atoms with Gasteiger partial charge in [0.25, 0.3) is 0 Å². The van der Waals surface area contributed by atoms with Gasteiger partial charge in [-0.2, -0.15) is 0 Å². The van der Waals surface area contributed by atoms with Crippen molar-refractivity contribution in [2.75, 3.05) is 0 Å². The average Bonchev–Trinajstić information content (AvgIpc) is 2.54. The molecule has 1 aliphatic heterocycles. The van der Waals surface area contributed by atoms with Crippen molar-refractivity contribution in [3.8, 4) is 5.75 Å². The molecule has 112 valence electrons. The highest BCUT2D eigenvalue weighted by molar-refractivity contribution is 6.12. The highest BCUT2D eigenvalue weighted by Crippen LogP contribution is 2.38. The zero-order valence-electron chi connectivity index (χ0n) is 12.7. The van der Waals surface area contributed by atoms with Crippen molar-refractivity contribution in [2.45, 2.75) is 26.1 Å². The van der Waals surface area contributed by atoms with Gasteiger partial charge in [-0.1, -0.05) is 42.5 Å². The van der Waals surface area contributed by atoms with E-state index in [1.807, 2.05) is 62.4 Å². The third-order valence-corrected chi connectivity index (χ3v) is 3.49. The largest absolute Gasteiger partial charge is 0.498 e. The Balaban J connectivity index is 2.06. The van der Waals surface area contributed by atoms with E-state index in [0.717, 1.165) is 5.56 Å². The summed E-state index contributed by atoms with van der Waals surface area (Å²) in [5.41, 5.74) is 2.04. The molecule has 2 aromatic carbocycles. The van der Waals surface area contributed by atoms with Gasteiger partial charge in [0.1, 0.15) is 5.75 Å². The van der Waals surface area contributed by atoms with Gasteiger partial charge in [-0.25, -0.2) is 0 Å². The van der Waals surface area contributed by atoms with Crippen molar-refractivity contribution in [3.63, 3.8) is 0 Å². The minimum absolute atomic E-state index is 0.00823. The number of fused-ring (bicyclic) bond motifs is 1. The number of carbonyl (C=O) groups is 1. The lowest BCUT2D eigenvalue weighted by atomic mass is 9.92. The number of Topliss-reactive ketones (excluding diaryl/α,β-unsaturated/α-hetero) is 1. The molecular formula is C19H18O3. The molecule has 1 heterocycles. The van der Waals surface area contributed by atoms with Crippen LogP contribution >= 0.6 is 0 Å². The van der Waals surface area contributed by atoms with Crippen LogP contribution in [-0.4, -0.2) is 11.9 Å². The zero-order valence-corrected chi connectivity index (χ0v) is 12.7. The maximum atomic E-state index is 12.8. The van der Waals surface area contributed by atoms with E-state index in [9.17, 15) is 4.79 Å². The monoisotopic (exact) mass is 294 g/mol. The maximum absolute atomic E-state index is 12.8. The second-order valence-corrected chi connectivity index (χ2v) is 5.49.